The molecule has 0 spiro atoms. The third-order valence-electron chi connectivity index (χ3n) is 6.24. The van der Waals surface area contributed by atoms with Gasteiger partial charge in [-0.3, -0.25) is 4.79 Å². The lowest BCUT2D eigenvalue weighted by Gasteiger charge is -2.31. The van der Waals surface area contributed by atoms with Gasteiger partial charge < -0.3 is 4.90 Å². The molecule has 0 radical (unpaired) electrons. The lowest BCUT2D eigenvalue weighted by atomic mass is 9.88. The predicted molar refractivity (Wildman–Crippen MR) is 122 cm³/mol. The smallest absolute Gasteiger partial charge is 0.239 e. The Kier molecular flexibility index (Phi) is 6.67. The molecular formula is C21H28ClN3O3S2. The molecule has 6 nitrogen and oxygen atoms in total. The Hall–Kier alpha value is -1.22. The van der Waals surface area contributed by atoms with E-state index in [1.165, 1.54) is 0 Å². The Labute approximate surface area is 187 Å². The fourth-order valence-electron chi connectivity index (χ4n) is 4.40. The first-order chi connectivity index (χ1) is 14.3. The number of hydrogen-bond donors (Lipinski definition) is 1. The number of hydrogen-bond acceptors (Lipinski definition) is 5. The number of nitrogens with one attached hydrogen (secondary N) is 1. The summed E-state index contributed by atoms with van der Waals surface area (Å²) in [7, 11) is -3.60. The number of sulfonamides is 1. The summed E-state index contributed by atoms with van der Waals surface area (Å²) in [5.74, 6) is 0.190. The van der Waals surface area contributed by atoms with Gasteiger partial charge >= 0.3 is 0 Å². The van der Waals surface area contributed by atoms with Crippen molar-refractivity contribution >= 4 is 49.1 Å². The van der Waals surface area contributed by atoms with Crippen LogP contribution in [0.1, 0.15) is 56.4 Å². The van der Waals surface area contributed by atoms with E-state index >= 15 is 0 Å². The van der Waals surface area contributed by atoms with Crippen LogP contribution in [-0.4, -0.2) is 49.1 Å². The zero-order valence-electron chi connectivity index (χ0n) is 17.1. The number of likely N-dealkylation sites (tertiary alicyclic amines) is 1. The SMILES string of the molecule is CC1CCC(NS(=O)(=O)CC(=O)N2CCC(c3nc4cc(Cl)ccc4s3)CC2)CC1. The van der Waals surface area contributed by atoms with Gasteiger partial charge in [0.25, 0.3) is 0 Å². The summed E-state index contributed by atoms with van der Waals surface area (Å²) in [6, 6.07) is 5.70. The molecule has 1 saturated heterocycles. The minimum absolute atomic E-state index is 0.0303. The molecule has 1 saturated carbocycles. The minimum atomic E-state index is -3.60. The molecule has 1 N–H and O–H groups in total. The number of nitrogens with zero attached hydrogens (tertiary/aromatic N) is 2. The van der Waals surface area contributed by atoms with Crippen LogP contribution in [0.4, 0.5) is 0 Å². The van der Waals surface area contributed by atoms with E-state index in [9.17, 15) is 13.2 Å². The lowest BCUT2D eigenvalue weighted by Crippen LogP contribution is -2.45. The van der Waals surface area contributed by atoms with Crippen LogP contribution in [0.5, 0.6) is 0 Å². The Balaban J connectivity index is 1.30. The van der Waals surface area contributed by atoms with Gasteiger partial charge in [-0.25, -0.2) is 18.1 Å². The van der Waals surface area contributed by atoms with Crippen molar-refractivity contribution in [3.05, 3.63) is 28.2 Å². The van der Waals surface area contributed by atoms with E-state index < -0.39 is 15.8 Å². The van der Waals surface area contributed by atoms with Crippen molar-refractivity contribution < 1.29 is 13.2 Å². The number of fused-ring (bicyclic) bond motifs is 1. The van der Waals surface area contributed by atoms with Crippen LogP contribution in [0.2, 0.25) is 5.02 Å². The highest BCUT2D eigenvalue weighted by Gasteiger charge is 2.30. The molecule has 0 atom stereocenters. The van der Waals surface area contributed by atoms with Crippen LogP contribution in [-0.2, 0) is 14.8 Å². The van der Waals surface area contributed by atoms with Gasteiger partial charge in [0, 0.05) is 30.1 Å². The van der Waals surface area contributed by atoms with E-state index in [0.717, 1.165) is 53.7 Å². The molecule has 9 heteroatoms. The van der Waals surface area contributed by atoms with Gasteiger partial charge in [-0.05, 0) is 62.6 Å². The van der Waals surface area contributed by atoms with Gasteiger partial charge in [0.05, 0.1) is 15.2 Å². The molecule has 1 amide bonds. The molecule has 2 heterocycles. The molecule has 164 valence electrons. The number of amides is 1. The predicted octanol–water partition coefficient (Wildman–Crippen LogP) is 4.15. The Morgan fingerprint density at radius 3 is 2.60 bits per heavy atom. The summed E-state index contributed by atoms with van der Waals surface area (Å²) in [4.78, 5) is 19.0. The number of halogens is 1. The first kappa shape index (κ1) is 22.0. The Morgan fingerprint density at radius 2 is 1.90 bits per heavy atom. The molecule has 2 fully saturated rings. The third-order valence-corrected chi connectivity index (χ3v) is 8.99. The first-order valence-electron chi connectivity index (χ1n) is 10.6. The van der Waals surface area contributed by atoms with Crippen LogP contribution < -0.4 is 4.72 Å². The Bertz CT molecular complexity index is 1010. The molecule has 2 aliphatic rings. The number of carbonyl (C=O) groups excluding carboxylic acids is 1. The van der Waals surface area contributed by atoms with Gasteiger partial charge in [0.2, 0.25) is 15.9 Å². The molecular weight excluding hydrogens is 442 g/mol. The highest BCUT2D eigenvalue weighted by Crippen LogP contribution is 2.34. The highest BCUT2D eigenvalue weighted by molar-refractivity contribution is 7.90. The number of aromatic nitrogens is 1. The number of rotatable bonds is 5. The third kappa shape index (κ3) is 5.33. The van der Waals surface area contributed by atoms with Gasteiger partial charge in [0.15, 0.2) is 0 Å². The summed E-state index contributed by atoms with van der Waals surface area (Å²) in [6.45, 7) is 3.33. The monoisotopic (exact) mass is 469 g/mol. The van der Waals surface area contributed by atoms with Crippen molar-refractivity contribution in [3.63, 3.8) is 0 Å². The van der Waals surface area contributed by atoms with Crippen molar-refractivity contribution in [1.29, 1.82) is 0 Å². The molecule has 30 heavy (non-hydrogen) atoms. The molecule has 2 aromatic rings. The molecule has 1 aliphatic carbocycles. The average Bonchev–Trinajstić information content (AvgIpc) is 3.12. The summed E-state index contributed by atoms with van der Waals surface area (Å²) < 4.78 is 28.8. The average molecular weight is 470 g/mol. The summed E-state index contributed by atoms with van der Waals surface area (Å²) in [6.07, 6.45) is 5.38. The number of thiazole rings is 1. The molecule has 0 unspecified atom stereocenters. The molecule has 4 rings (SSSR count). The van der Waals surface area contributed by atoms with E-state index in [2.05, 4.69) is 11.6 Å². The Morgan fingerprint density at radius 1 is 1.20 bits per heavy atom. The molecule has 1 aliphatic heterocycles. The fourth-order valence-corrected chi connectivity index (χ4v) is 7.01. The first-order valence-corrected chi connectivity index (χ1v) is 13.5. The zero-order valence-corrected chi connectivity index (χ0v) is 19.5. The van der Waals surface area contributed by atoms with E-state index in [4.69, 9.17) is 16.6 Å². The van der Waals surface area contributed by atoms with Crippen molar-refractivity contribution in [3.8, 4) is 0 Å². The second kappa shape index (κ2) is 9.10. The second-order valence-electron chi connectivity index (χ2n) is 8.65. The highest BCUT2D eigenvalue weighted by atomic mass is 35.5. The fraction of sp³-hybridized carbons (Fsp3) is 0.619. The maximum absolute atomic E-state index is 12.6. The standard InChI is InChI=1S/C21H28ClN3O3S2/c1-14-2-5-17(6-3-14)24-30(27,28)13-20(26)25-10-8-15(9-11-25)21-23-18-12-16(22)4-7-19(18)29-21/h4,7,12,14-15,17,24H,2-3,5-6,8-11,13H2,1H3. The number of carbonyl (C=O) groups is 1. The van der Waals surface area contributed by atoms with E-state index in [1.807, 2.05) is 18.2 Å². The molecule has 1 aromatic carbocycles. The van der Waals surface area contributed by atoms with Gasteiger partial charge in [-0.1, -0.05) is 18.5 Å². The largest absolute Gasteiger partial charge is 0.342 e. The van der Waals surface area contributed by atoms with Crippen molar-refractivity contribution in [2.24, 2.45) is 5.92 Å². The number of benzene rings is 1. The molecule has 1 aromatic heterocycles. The van der Waals surface area contributed by atoms with Gasteiger partial charge in [-0.2, -0.15) is 0 Å². The normalized spacial score (nSPS) is 23.7. The lowest BCUT2D eigenvalue weighted by molar-refractivity contribution is -0.129. The second-order valence-corrected chi connectivity index (χ2v) is 11.9. The minimum Gasteiger partial charge on any atom is -0.342 e. The zero-order chi connectivity index (χ0) is 21.3. The van der Waals surface area contributed by atoms with Crippen molar-refractivity contribution in [1.82, 2.24) is 14.6 Å². The van der Waals surface area contributed by atoms with Gasteiger partial charge in [0.1, 0.15) is 5.75 Å². The quantitative estimate of drug-likeness (QED) is 0.713. The summed E-state index contributed by atoms with van der Waals surface area (Å²) in [5.41, 5.74) is 0.912. The van der Waals surface area contributed by atoms with Crippen LogP contribution >= 0.6 is 22.9 Å². The summed E-state index contributed by atoms with van der Waals surface area (Å²) in [5, 5.41) is 1.75. The van der Waals surface area contributed by atoms with Crippen LogP contribution in [0, 0.1) is 5.92 Å². The topological polar surface area (TPSA) is 79.4 Å². The van der Waals surface area contributed by atoms with Crippen LogP contribution in [0.25, 0.3) is 10.2 Å². The summed E-state index contributed by atoms with van der Waals surface area (Å²) >= 11 is 7.73. The maximum Gasteiger partial charge on any atom is 0.239 e. The van der Waals surface area contributed by atoms with E-state index in [0.29, 0.717) is 29.9 Å². The van der Waals surface area contributed by atoms with Gasteiger partial charge in [-0.15, -0.1) is 11.3 Å². The van der Waals surface area contributed by atoms with E-state index in [-0.39, 0.29) is 11.9 Å². The van der Waals surface area contributed by atoms with Crippen molar-refractivity contribution in [2.75, 3.05) is 18.8 Å². The van der Waals surface area contributed by atoms with E-state index in [1.54, 1.807) is 16.2 Å². The maximum atomic E-state index is 12.6. The number of piperidine rings is 1. The van der Waals surface area contributed by atoms with Crippen LogP contribution in [0.3, 0.4) is 0 Å². The van der Waals surface area contributed by atoms with Crippen molar-refractivity contribution in [2.45, 2.75) is 57.4 Å². The molecule has 0 bridgehead atoms. The van der Waals surface area contributed by atoms with Crippen LogP contribution in [0.15, 0.2) is 18.2 Å².